The number of pyridine rings is 1. The van der Waals surface area contributed by atoms with Gasteiger partial charge in [0, 0.05) is 19.3 Å². The standard InChI is InChI=1S/C10H10N4/c11-7-8-3-4-13-10(9(8)12)14-5-1-2-6-14/h1-4H,5-6,12H2. The van der Waals surface area contributed by atoms with Gasteiger partial charge in [-0.25, -0.2) is 4.98 Å². The Balaban J connectivity index is 2.39. The Morgan fingerprint density at radius 3 is 2.79 bits per heavy atom. The Hall–Kier alpha value is -2.02. The molecule has 1 aliphatic rings. The van der Waals surface area contributed by atoms with Crippen LogP contribution in [0.4, 0.5) is 11.5 Å². The molecular weight excluding hydrogens is 176 g/mol. The van der Waals surface area contributed by atoms with Gasteiger partial charge >= 0.3 is 0 Å². The van der Waals surface area contributed by atoms with E-state index in [0.29, 0.717) is 17.1 Å². The SMILES string of the molecule is N#Cc1ccnc(N2CC=CC2)c1N. The van der Waals surface area contributed by atoms with E-state index in [0.717, 1.165) is 13.1 Å². The predicted octanol–water partition coefficient (Wildman–Crippen LogP) is 0.912. The van der Waals surface area contributed by atoms with Gasteiger partial charge in [-0.3, -0.25) is 0 Å². The van der Waals surface area contributed by atoms with Crippen LogP contribution in [-0.2, 0) is 0 Å². The quantitative estimate of drug-likeness (QED) is 0.662. The molecule has 2 N–H and O–H groups in total. The Bertz CT molecular complexity index is 409. The first-order chi connectivity index (χ1) is 6.83. The molecule has 2 heterocycles. The van der Waals surface area contributed by atoms with Crippen LogP contribution in [0.15, 0.2) is 24.4 Å². The van der Waals surface area contributed by atoms with Crippen molar-refractivity contribution >= 4 is 11.5 Å². The third-order valence-corrected chi connectivity index (χ3v) is 2.21. The lowest BCUT2D eigenvalue weighted by Gasteiger charge is -2.18. The van der Waals surface area contributed by atoms with Gasteiger partial charge in [-0.2, -0.15) is 5.26 Å². The van der Waals surface area contributed by atoms with Crippen LogP contribution in [0.5, 0.6) is 0 Å². The number of nitriles is 1. The number of rotatable bonds is 1. The minimum Gasteiger partial charge on any atom is -0.395 e. The molecule has 1 aliphatic heterocycles. The fourth-order valence-corrected chi connectivity index (χ4v) is 1.46. The first-order valence-corrected chi connectivity index (χ1v) is 4.37. The van der Waals surface area contributed by atoms with Crippen LogP contribution >= 0.6 is 0 Å². The molecule has 0 atom stereocenters. The molecule has 0 fully saturated rings. The highest BCUT2D eigenvalue weighted by Gasteiger charge is 2.14. The van der Waals surface area contributed by atoms with Gasteiger partial charge in [0.1, 0.15) is 6.07 Å². The van der Waals surface area contributed by atoms with Crippen molar-refractivity contribution in [2.75, 3.05) is 23.7 Å². The summed E-state index contributed by atoms with van der Waals surface area (Å²) < 4.78 is 0. The van der Waals surface area contributed by atoms with Crippen LogP contribution in [0.25, 0.3) is 0 Å². The molecule has 0 saturated heterocycles. The van der Waals surface area contributed by atoms with E-state index in [2.05, 4.69) is 17.1 Å². The molecule has 4 nitrogen and oxygen atoms in total. The second kappa shape index (κ2) is 3.38. The van der Waals surface area contributed by atoms with E-state index in [4.69, 9.17) is 11.0 Å². The number of nitrogen functional groups attached to an aromatic ring is 1. The topological polar surface area (TPSA) is 65.9 Å². The molecule has 4 heteroatoms. The van der Waals surface area contributed by atoms with E-state index in [1.807, 2.05) is 11.0 Å². The summed E-state index contributed by atoms with van der Waals surface area (Å²) in [6.07, 6.45) is 5.73. The van der Waals surface area contributed by atoms with Gasteiger partial charge in [0.2, 0.25) is 0 Å². The smallest absolute Gasteiger partial charge is 0.153 e. The lowest BCUT2D eigenvalue weighted by molar-refractivity contribution is 0.971. The molecule has 70 valence electrons. The summed E-state index contributed by atoms with van der Waals surface area (Å²) in [6.45, 7) is 1.62. The first kappa shape index (κ1) is 8.57. The third-order valence-electron chi connectivity index (χ3n) is 2.21. The first-order valence-electron chi connectivity index (χ1n) is 4.37. The number of hydrogen-bond acceptors (Lipinski definition) is 4. The summed E-state index contributed by atoms with van der Waals surface area (Å²) in [5.74, 6) is 0.703. The van der Waals surface area contributed by atoms with Gasteiger partial charge in [-0.05, 0) is 6.07 Å². The van der Waals surface area contributed by atoms with Crippen molar-refractivity contribution < 1.29 is 0 Å². The molecule has 0 spiro atoms. The Morgan fingerprint density at radius 1 is 1.43 bits per heavy atom. The molecule has 0 radical (unpaired) electrons. The van der Waals surface area contributed by atoms with E-state index in [1.54, 1.807) is 12.3 Å². The van der Waals surface area contributed by atoms with Crippen LogP contribution in [0.2, 0.25) is 0 Å². The summed E-state index contributed by atoms with van der Waals surface area (Å²) >= 11 is 0. The molecule has 0 amide bonds. The molecule has 0 bridgehead atoms. The molecule has 0 unspecified atom stereocenters. The molecule has 0 aliphatic carbocycles. The molecular formula is C10H10N4. The number of anilines is 2. The normalized spacial score (nSPS) is 14.4. The van der Waals surface area contributed by atoms with Crippen LogP contribution in [0.1, 0.15) is 5.56 Å². The maximum Gasteiger partial charge on any atom is 0.153 e. The van der Waals surface area contributed by atoms with Crippen LogP contribution in [-0.4, -0.2) is 18.1 Å². The highest BCUT2D eigenvalue weighted by Crippen LogP contribution is 2.24. The zero-order chi connectivity index (χ0) is 9.97. The van der Waals surface area contributed by atoms with E-state index in [-0.39, 0.29) is 0 Å². The zero-order valence-corrected chi connectivity index (χ0v) is 7.64. The number of nitrogens with two attached hydrogens (primary N) is 1. The average molecular weight is 186 g/mol. The van der Waals surface area contributed by atoms with E-state index >= 15 is 0 Å². The number of nitrogens with zero attached hydrogens (tertiary/aromatic N) is 3. The Labute approximate surface area is 82.3 Å². The fourth-order valence-electron chi connectivity index (χ4n) is 1.46. The maximum atomic E-state index is 8.79. The maximum absolute atomic E-state index is 8.79. The molecule has 2 rings (SSSR count). The van der Waals surface area contributed by atoms with Crippen molar-refractivity contribution in [1.82, 2.24) is 4.98 Å². The van der Waals surface area contributed by atoms with Crippen molar-refractivity contribution in [2.24, 2.45) is 0 Å². The molecule has 1 aromatic rings. The summed E-state index contributed by atoms with van der Waals surface area (Å²) in [5.41, 5.74) is 6.78. The molecule has 14 heavy (non-hydrogen) atoms. The highest BCUT2D eigenvalue weighted by atomic mass is 15.2. The Kier molecular flexibility index (Phi) is 2.07. The van der Waals surface area contributed by atoms with Crippen molar-refractivity contribution in [1.29, 1.82) is 5.26 Å². The largest absolute Gasteiger partial charge is 0.395 e. The van der Waals surface area contributed by atoms with Crippen molar-refractivity contribution in [2.45, 2.75) is 0 Å². The monoisotopic (exact) mass is 186 g/mol. The van der Waals surface area contributed by atoms with Gasteiger partial charge in [0.15, 0.2) is 5.82 Å². The summed E-state index contributed by atoms with van der Waals surface area (Å²) in [6, 6.07) is 3.67. The fraction of sp³-hybridized carbons (Fsp3) is 0.200. The zero-order valence-electron chi connectivity index (χ0n) is 7.64. The third kappa shape index (κ3) is 1.29. The minimum absolute atomic E-state index is 0.471. The number of aromatic nitrogens is 1. The van der Waals surface area contributed by atoms with E-state index in [9.17, 15) is 0 Å². The van der Waals surface area contributed by atoms with Gasteiger partial charge < -0.3 is 10.6 Å². The van der Waals surface area contributed by atoms with E-state index in [1.165, 1.54) is 0 Å². The van der Waals surface area contributed by atoms with Crippen LogP contribution < -0.4 is 10.6 Å². The predicted molar refractivity (Wildman–Crippen MR) is 54.7 cm³/mol. The highest BCUT2D eigenvalue weighted by molar-refractivity contribution is 5.70. The average Bonchev–Trinajstić information content (AvgIpc) is 2.71. The second-order valence-corrected chi connectivity index (χ2v) is 3.08. The van der Waals surface area contributed by atoms with Crippen LogP contribution in [0.3, 0.4) is 0 Å². The lowest BCUT2D eigenvalue weighted by atomic mass is 10.2. The molecule has 0 aromatic carbocycles. The van der Waals surface area contributed by atoms with Gasteiger partial charge in [0.25, 0.3) is 0 Å². The number of hydrogen-bond donors (Lipinski definition) is 1. The van der Waals surface area contributed by atoms with Gasteiger partial charge in [-0.1, -0.05) is 12.2 Å². The second-order valence-electron chi connectivity index (χ2n) is 3.08. The summed E-state index contributed by atoms with van der Waals surface area (Å²) in [7, 11) is 0. The van der Waals surface area contributed by atoms with Crippen molar-refractivity contribution in [3.63, 3.8) is 0 Å². The van der Waals surface area contributed by atoms with Gasteiger partial charge in [-0.15, -0.1) is 0 Å². The van der Waals surface area contributed by atoms with Crippen LogP contribution in [0, 0.1) is 11.3 Å². The van der Waals surface area contributed by atoms with Gasteiger partial charge in [0.05, 0.1) is 11.3 Å². The summed E-state index contributed by atoms with van der Waals surface area (Å²) in [5, 5.41) is 8.79. The summed E-state index contributed by atoms with van der Waals surface area (Å²) in [4.78, 5) is 6.20. The minimum atomic E-state index is 0.471. The van der Waals surface area contributed by atoms with Crippen molar-refractivity contribution in [3.05, 3.63) is 30.0 Å². The lowest BCUT2D eigenvalue weighted by Crippen LogP contribution is -2.21. The van der Waals surface area contributed by atoms with E-state index < -0.39 is 0 Å². The van der Waals surface area contributed by atoms with Crippen molar-refractivity contribution in [3.8, 4) is 6.07 Å². The molecule has 1 aromatic heterocycles. The molecule has 0 saturated carbocycles. The Morgan fingerprint density at radius 2 is 2.14 bits per heavy atom.